The maximum absolute atomic E-state index is 14.0. The van der Waals surface area contributed by atoms with Crippen molar-refractivity contribution in [1.82, 2.24) is 20.3 Å². The van der Waals surface area contributed by atoms with Crippen molar-refractivity contribution in [2.45, 2.75) is 20.1 Å². The van der Waals surface area contributed by atoms with Gasteiger partial charge in [-0.05, 0) is 47.2 Å². The van der Waals surface area contributed by atoms with Crippen LogP contribution in [-0.4, -0.2) is 26.9 Å². The van der Waals surface area contributed by atoms with Gasteiger partial charge in [0.05, 0.1) is 23.2 Å². The van der Waals surface area contributed by atoms with Crippen molar-refractivity contribution in [3.63, 3.8) is 0 Å². The summed E-state index contributed by atoms with van der Waals surface area (Å²) in [4.78, 5) is 1.23. The number of hydrogen-bond acceptors (Lipinski definition) is 7. The third-order valence-corrected chi connectivity index (χ3v) is 4.35. The van der Waals surface area contributed by atoms with E-state index < -0.39 is 5.82 Å². The van der Waals surface area contributed by atoms with Crippen molar-refractivity contribution in [2.24, 2.45) is 0 Å². The van der Waals surface area contributed by atoms with Gasteiger partial charge in [-0.3, -0.25) is 0 Å². The average Bonchev–Trinajstić information content (AvgIpc) is 3.06. The fraction of sp³-hybridized carbons (Fsp3) is 0.235. The Morgan fingerprint density at radius 3 is 2.71 bits per heavy atom. The van der Waals surface area contributed by atoms with E-state index in [1.807, 2.05) is 6.92 Å². The zero-order valence-electron chi connectivity index (χ0n) is 14.8. The molecular weight excluding hydrogens is 410 g/mol. The van der Waals surface area contributed by atoms with Gasteiger partial charge in [0, 0.05) is 5.56 Å². The second kappa shape index (κ2) is 8.94. The monoisotopic (exact) mass is 426 g/mol. The summed E-state index contributed by atoms with van der Waals surface area (Å²) in [5, 5.41) is 11.3. The number of aromatic nitrogens is 4. The summed E-state index contributed by atoms with van der Waals surface area (Å²) in [6, 6.07) is 7.87. The largest absolute Gasteiger partial charge is 0.490 e. The van der Waals surface area contributed by atoms with Crippen LogP contribution < -0.4 is 20.6 Å². The molecule has 148 valence electrons. The summed E-state index contributed by atoms with van der Waals surface area (Å²) < 4.78 is 25.3. The van der Waals surface area contributed by atoms with Crippen molar-refractivity contribution in [2.75, 3.05) is 17.8 Å². The standard InChI is InChI=1S/C17H17Cl2FN6O2/c1-2-27-15-7-10(8-22-26-17(21)23-24-25-26)6-13(19)16(15)28-9-11-12(18)4-3-5-14(11)20/h3-7,22H,2,8-9H2,1H3,(H2,21,23,25). The fourth-order valence-corrected chi connectivity index (χ4v) is 2.92. The molecular formula is C17H17Cl2FN6O2. The lowest BCUT2D eigenvalue weighted by Crippen LogP contribution is -2.18. The lowest BCUT2D eigenvalue weighted by molar-refractivity contribution is 0.266. The molecule has 3 N–H and O–H groups in total. The second-order valence-corrected chi connectivity index (χ2v) is 6.42. The van der Waals surface area contributed by atoms with Gasteiger partial charge in [-0.1, -0.05) is 34.4 Å². The van der Waals surface area contributed by atoms with E-state index in [4.69, 9.17) is 38.4 Å². The van der Waals surface area contributed by atoms with Gasteiger partial charge in [0.2, 0.25) is 0 Å². The smallest absolute Gasteiger partial charge is 0.260 e. The van der Waals surface area contributed by atoms with Gasteiger partial charge in [-0.2, -0.15) is 0 Å². The van der Waals surface area contributed by atoms with Crippen LogP contribution in [0, 0.1) is 5.82 Å². The van der Waals surface area contributed by atoms with Crippen LogP contribution in [0.2, 0.25) is 10.0 Å². The average molecular weight is 427 g/mol. The maximum atomic E-state index is 14.0. The molecule has 0 amide bonds. The number of ether oxygens (including phenoxy) is 2. The van der Waals surface area contributed by atoms with Crippen LogP contribution in [0.15, 0.2) is 30.3 Å². The Balaban J connectivity index is 1.79. The summed E-state index contributed by atoms with van der Waals surface area (Å²) in [5.74, 6) is 0.386. The van der Waals surface area contributed by atoms with Gasteiger partial charge in [0.25, 0.3) is 5.95 Å². The molecule has 0 radical (unpaired) electrons. The first-order chi connectivity index (χ1) is 13.5. The lowest BCUT2D eigenvalue weighted by atomic mass is 10.2. The van der Waals surface area contributed by atoms with Crippen LogP contribution in [0.4, 0.5) is 10.3 Å². The molecule has 0 unspecified atom stereocenters. The SMILES string of the molecule is CCOc1cc(CNn2nnnc2N)cc(Cl)c1OCc1c(F)cccc1Cl. The zero-order chi connectivity index (χ0) is 20.1. The number of nitrogens with zero attached hydrogens (tertiary/aromatic N) is 4. The van der Waals surface area contributed by atoms with E-state index in [0.717, 1.165) is 5.56 Å². The van der Waals surface area contributed by atoms with E-state index in [0.29, 0.717) is 29.7 Å². The molecule has 0 saturated carbocycles. The highest BCUT2D eigenvalue weighted by atomic mass is 35.5. The van der Waals surface area contributed by atoms with E-state index in [2.05, 4.69) is 21.0 Å². The molecule has 1 aromatic heterocycles. The van der Waals surface area contributed by atoms with Gasteiger partial charge in [-0.25, -0.2) is 4.39 Å². The van der Waals surface area contributed by atoms with E-state index in [1.54, 1.807) is 18.2 Å². The summed E-state index contributed by atoms with van der Waals surface area (Å²) in [6.45, 7) is 2.46. The predicted molar refractivity (Wildman–Crippen MR) is 104 cm³/mol. The van der Waals surface area contributed by atoms with Crippen LogP contribution in [-0.2, 0) is 13.2 Å². The summed E-state index contributed by atoms with van der Waals surface area (Å²) in [6.07, 6.45) is 0. The number of anilines is 1. The number of nitrogen functional groups attached to an aromatic ring is 1. The first-order valence-corrected chi connectivity index (χ1v) is 9.03. The molecule has 2 aromatic carbocycles. The fourth-order valence-electron chi connectivity index (χ4n) is 2.41. The van der Waals surface area contributed by atoms with Crippen LogP contribution in [0.25, 0.3) is 0 Å². The topological polar surface area (TPSA) is 100 Å². The number of nitrogens with two attached hydrogens (primary N) is 1. The quantitative estimate of drug-likeness (QED) is 0.568. The Kier molecular flexibility index (Phi) is 6.37. The van der Waals surface area contributed by atoms with E-state index in [-0.39, 0.29) is 23.1 Å². The number of nitrogens with one attached hydrogen (secondary N) is 1. The van der Waals surface area contributed by atoms with Crippen molar-refractivity contribution in [1.29, 1.82) is 0 Å². The Labute approximate surface area is 170 Å². The van der Waals surface area contributed by atoms with Gasteiger partial charge in [-0.15, -0.1) is 4.79 Å². The van der Waals surface area contributed by atoms with Gasteiger partial charge < -0.3 is 20.6 Å². The number of hydrogen-bond donors (Lipinski definition) is 2. The molecule has 0 bridgehead atoms. The number of benzene rings is 2. The summed E-state index contributed by atoms with van der Waals surface area (Å²) >= 11 is 12.4. The first-order valence-electron chi connectivity index (χ1n) is 8.28. The Morgan fingerprint density at radius 1 is 1.21 bits per heavy atom. The van der Waals surface area contributed by atoms with E-state index in [1.165, 1.54) is 16.9 Å². The van der Waals surface area contributed by atoms with Crippen molar-refractivity contribution < 1.29 is 13.9 Å². The Morgan fingerprint density at radius 2 is 2.04 bits per heavy atom. The minimum Gasteiger partial charge on any atom is -0.490 e. The van der Waals surface area contributed by atoms with Crippen molar-refractivity contribution in [3.05, 3.63) is 57.3 Å². The molecule has 0 aliphatic heterocycles. The normalized spacial score (nSPS) is 10.7. The first kappa shape index (κ1) is 20.0. The second-order valence-electron chi connectivity index (χ2n) is 5.61. The molecule has 0 aliphatic carbocycles. The molecule has 3 aromatic rings. The third kappa shape index (κ3) is 4.55. The van der Waals surface area contributed by atoms with Crippen LogP contribution in [0.5, 0.6) is 11.5 Å². The van der Waals surface area contributed by atoms with Crippen molar-refractivity contribution in [3.8, 4) is 11.5 Å². The van der Waals surface area contributed by atoms with Crippen LogP contribution in [0.1, 0.15) is 18.1 Å². The molecule has 0 saturated heterocycles. The Hall–Kier alpha value is -2.78. The summed E-state index contributed by atoms with van der Waals surface area (Å²) in [5.41, 5.74) is 9.56. The highest BCUT2D eigenvalue weighted by Gasteiger charge is 2.15. The van der Waals surface area contributed by atoms with Crippen LogP contribution >= 0.6 is 23.2 Å². The van der Waals surface area contributed by atoms with E-state index in [9.17, 15) is 4.39 Å². The molecule has 8 nitrogen and oxygen atoms in total. The highest BCUT2D eigenvalue weighted by Crippen LogP contribution is 2.37. The summed E-state index contributed by atoms with van der Waals surface area (Å²) in [7, 11) is 0. The minimum atomic E-state index is -0.457. The van der Waals surface area contributed by atoms with Gasteiger partial charge >= 0.3 is 0 Å². The minimum absolute atomic E-state index is 0.0932. The molecule has 3 rings (SSSR count). The molecule has 0 spiro atoms. The highest BCUT2D eigenvalue weighted by molar-refractivity contribution is 6.32. The third-order valence-electron chi connectivity index (χ3n) is 3.72. The molecule has 28 heavy (non-hydrogen) atoms. The molecule has 0 aliphatic rings. The molecule has 0 atom stereocenters. The maximum Gasteiger partial charge on any atom is 0.260 e. The lowest BCUT2D eigenvalue weighted by Gasteiger charge is -2.16. The number of tetrazole rings is 1. The van der Waals surface area contributed by atoms with Gasteiger partial charge in [0.1, 0.15) is 12.4 Å². The number of halogens is 3. The van der Waals surface area contributed by atoms with Crippen LogP contribution in [0.3, 0.4) is 0 Å². The number of rotatable bonds is 8. The van der Waals surface area contributed by atoms with E-state index >= 15 is 0 Å². The molecule has 11 heteroatoms. The zero-order valence-corrected chi connectivity index (χ0v) is 16.3. The predicted octanol–water partition coefficient (Wildman–Crippen LogP) is 3.42. The van der Waals surface area contributed by atoms with Crippen molar-refractivity contribution >= 4 is 29.2 Å². The van der Waals surface area contributed by atoms with Gasteiger partial charge in [0.15, 0.2) is 11.5 Å². The molecule has 0 fully saturated rings. The Bertz CT molecular complexity index is 949. The molecule has 1 heterocycles.